The van der Waals surface area contributed by atoms with Crippen molar-refractivity contribution in [1.29, 1.82) is 0 Å². The zero-order valence-electron chi connectivity index (χ0n) is 11.1. The minimum Gasteiger partial charge on any atom is -0.355 e. The van der Waals surface area contributed by atoms with Crippen molar-refractivity contribution in [3.05, 3.63) is 29.8 Å². The molecule has 3 nitrogen and oxygen atoms in total. The van der Waals surface area contributed by atoms with Gasteiger partial charge < -0.3 is 11.1 Å². The molecule has 1 amide bonds. The first-order valence-electron chi connectivity index (χ1n) is 6.43. The summed E-state index contributed by atoms with van der Waals surface area (Å²) >= 11 is 1.56. The molecule has 0 aromatic heterocycles. The maximum atomic E-state index is 11.6. The Labute approximate surface area is 114 Å². The zero-order chi connectivity index (χ0) is 13.4. The first kappa shape index (κ1) is 15.1. The summed E-state index contributed by atoms with van der Waals surface area (Å²) in [4.78, 5) is 12.7. The molecule has 4 heteroatoms. The highest BCUT2D eigenvalue weighted by Gasteiger charge is 2.10. The van der Waals surface area contributed by atoms with Gasteiger partial charge in [0.15, 0.2) is 0 Å². The predicted molar refractivity (Wildman–Crippen MR) is 77.7 cm³/mol. The lowest BCUT2D eigenvalue weighted by Crippen LogP contribution is -2.25. The number of hydrogen-bond acceptors (Lipinski definition) is 3. The predicted octanol–water partition coefficient (Wildman–Crippen LogP) is 2.71. The van der Waals surface area contributed by atoms with Gasteiger partial charge in [0, 0.05) is 17.5 Å². The summed E-state index contributed by atoms with van der Waals surface area (Å²) in [7, 11) is 0. The number of thioether (sulfide) groups is 1. The summed E-state index contributed by atoms with van der Waals surface area (Å²) in [6.07, 6.45) is 1.87. The summed E-state index contributed by atoms with van der Waals surface area (Å²) in [5, 5.41) is 2.87. The minimum absolute atomic E-state index is 0.0485. The van der Waals surface area contributed by atoms with Gasteiger partial charge in [0.1, 0.15) is 0 Å². The Hall–Kier alpha value is -1.00. The Kier molecular flexibility index (Phi) is 6.83. The second kappa shape index (κ2) is 8.16. The van der Waals surface area contributed by atoms with Gasteiger partial charge in [-0.3, -0.25) is 4.79 Å². The number of nitrogens with two attached hydrogens (primary N) is 1. The van der Waals surface area contributed by atoms with Crippen LogP contribution >= 0.6 is 11.8 Å². The molecule has 0 unspecified atom stereocenters. The summed E-state index contributed by atoms with van der Waals surface area (Å²) < 4.78 is 0. The normalized spacial score (nSPS) is 12.2. The van der Waals surface area contributed by atoms with E-state index < -0.39 is 0 Å². The molecule has 0 aliphatic carbocycles. The first-order chi connectivity index (χ1) is 8.69. The Morgan fingerprint density at radius 2 is 2.11 bits per heavy atom. The molecule has 0 heterocycles. The molecule has 0 saturated carbocycles. The van der Waals surface area contributed by atoms with Crippen LogP contribution in [0.3, 0.4) is 0 Å². The molecular formula is C14H22N2OS. The van der Waals surface area contributed by atoms with E-state index in [1.165, 1.54) is 0 Å². The third-order valence-electron chi connectivity index (χ3n) is 2.69. The van der Waals surface area contributed by atoms with E-state index in [1.54, 1.807) is 11.8 Å². The largest absolute Gasteiger partial charge is 0.355 e. The summed E-state index contributed by atoms with van der Waals surface area (Å²) in [6, 6.07) is 8.10. The van der Waals surface area contributed by atoms with Crippen molar-refractivity contribution in [1.82, 2.24) is 5.32 Å². The number of hydrogen-bond donors (Lipinski definition) is 2. The third-order valence-corrected chi connectivity index (χ3v) is 3.78. The zero-order valence-corrected chi connectivity index (χ0v) is 11.9. The van der Waals surface area contributed by atoms with Crippen molar-refractivity contribution in [2.75, 3.05) is 12.3 Å². The number of benzene rings is 1. The fraction of sp³-hybridized carbons (Fsp3) is 0.500. The van der Waals surface area contributed by atoms with Gasteiger partial charge in [-0.25, -0.2) is 0 Å². The second-order valence-corrected chi connectivity index (χ2v) is 5.21. The van der Waals surface area contributed by atoms with Gasteiger partial charge in [-0.05, 0) is 24.5 Å². The Balaban J connectivity index is 2.59. The summed E-state index contributed by atoms with van der Waals surface area (Å²) in [5.74, 6) is 0.537. The molecule has 0 aliphatic heterocycles. The van der Waals surface area contributed by atoms with E-state index in [2.05, 4.69) is 12.2 Å². The van der Waals surface area contributed by atoms with E-state index in [0.717, 1.165) is 29.8 Å². The lowest BCUT2D eigenvalue weighted by atomic mass is 10.1. The maximum absolute atomic E-state index is 11.6. The van der Waals surface area contributed by atoms with Crippen LogP contribution in [0.2, 0.25) is 0 Å². The van der Waals surface area contributed by atoms with Crippen molar-refractivity contribution < 1.29 is 4.79 Å². The Morgan fingerprint density at radius 3 is 2.78 bits per heavy atom. The lowest BCUT2D eigenvalue weighted by molar-refractivity contribution is -0.118. The highest BCUT2D eigenvalue weighted by molar-refractivity contribution is 8.00. The second-order valence-electron chi connectivity index (χ2n) is 4.19. The molecule has 100 valence electrons. The molecule has 1 atom stereocenters. The van der Waals surface area contributed by atoms with E-state index in [4.69, 9.17) is 5.73 Å². The van der Waals surface area contributed by atoms with Crippen LogP contribution in [0, 0.1) is 0 Å². The molecule has 0 spiro atoms. The summed E-state index contributed by atoms with van der Waals surface area (Å²) in [6.45, 7) is 4.86. The number of carbonyl (C=O) groups is 1. The summed E-state index contributed by atoms with van der Waals surface area (Å²) in [5.41, 5.74) is 7.20. The molecule has 1 aromatic carbocycles. The third kappa shape index (κ3) is 4.70. The number of nitrogens with one attached hydrogen (secondary N) is 1. The number of amides is 1. The quantitative estimate of drug-likeness (QED) is 0.746. The van der Waals surface area contributed by atoms with E-state index >= 15 is 0 Å². The van der Waals surface area contributed by atoms with Gasteiger partial charge in [0.05, 0.1) is 5.75 Å². The topological polar surface area (TPSA) is 55.1 Å². The van der Waals surface area contributed by atoms with Crippen LogP contribution in [0.25, 0.3) is 0 Å². The Bertz CT molecular complexity index is 382. The maximum Gasteiger partial charge on any atom is 0.230 e. The van der Waals surface area contributed by atoms with Gasteiger partial charge in [0.25, 0.3) is 0 Å². The van der Waals surface area contributed by atoms with Crippen molar-refractivity contribution in [3.8, 4) is 0 Å². The van der Waals surface area contributed by atoms with Crippen LogP contribution < -0.4 is 11.1 Å². The van der Waals surface area contributed by atoms with Crippen molar-refractivity contribution in [2.24, 2.45) is 5.73 Å². The lowest BCUT2D eigenvalue weighted by Gasteiger charge is -2.14. The van der Waals surface area contributed by atoms with Crippen molar-refractivity contribution in [3.63, 3.8) is 0 Å². The number of rotatable bonds is 7. The van der Waals surface area contributed by atoms with Crippen LogP contribution in [0.15, 0.2) is 29.2 Å². The highest BCUT2D eigenvalue weighted by atomic mass is 32.2. The van der Waals surface area contributed by atoms with Crippen molar-refractivity contribution in [2.45, 2.75) is 37.6 Å². The fourth-order valence-corrected chi connectivity index (χ4v) is 2.55. The van der Waals surface area contributed by atoms with Gasteiger partial charge in [0.2, 0.25) is 5.91 Å². The Morgan fingerprint density at radius 1 is 1.39 bits per heavy atom. The molecule has 0 bridgehead atoms. The van der Waals surface area contributed by atoms with Gasteiger partial charge in [-0.2, -0.15) is 0 Å². The fourth-order valence-electron chi connectivity index (χ4n) is 1.60. The first-order valence-corrected chi connectivity index (χ1v) is 7.41. The van der Waals surface area contributed by atoms with Crippen LogP contribution in [-0.2, 0) is 4.79 Å². The van der Waals surface area contributed by atoms with Crippen LogP contribution in [0.4, 0.5) is 0 Å². The molecule has 3 N–H and O–H groups in total. The van der Waals surface area contributed by atoms with Crippen LogP contribution in [0.5, 0.6) is 0 Å². The van der Waals surface area contributed by atoms with Gasteiger partial charge in [-0.15, -0.1) is 11.8 Å². The van der Waals surface area contributed by atoms with E-state index in [1.807, 2.05) is 31.2 Å². The molecule has 0 saturated heterocycles. The molecular weight excluding hydrogens is 244 g/mol. The van der Waals surface area contributed by atoms with E-state index in [9.17, 15) is 4.79 Å². The SMILES string of the molecule is CCCNC(=O)CSc1ccccc1[C@@H](N)CC. The molecule has 0 fully saturated rings. The molecule has 1 aromatic rings. The smallest absolute Gasteiger partial charge is 0.230 e. The average Bonchev–Trinajstić information content (AvgIpc) is 2.42. The minimum atomic E-state index is 0.0485. The molecule has 0 radical (unpaired) electrons. The van der Waals surface area contributed by atoms with Crippen LogP contribution in [0.1, 0.15) is 38.3 Å². The standard InChI is InChI=1S/C14H22N2OS/c1-3-9-16-14(17)10-18-13-8-6-5-7-11(13)12(15)4-2/h5-8,12H,3-4,9-10,15H2,1-2H3,(H,16,17)/t12-/m0/s1. The number of carbonyl (C=O) groups excluding carboxylic acids is 1. The van der Waals surface area contributed by atoms with E-state index in [-0.39, 0.29) is 11.9 Å². The molecule has 1 rings (SSSR count). The van der Waals surface area contributed by atoms with Crippen molar-refractivity contribution >= 4 is 17.7 Å². The van der Waals surface area contributed by atoms with Gasteiger partial charge >= 0.3 is 0 Å². The molecule has 0 aliphatic rings. The van der Waals surface area contributed by atoms with Crippen LogP contribution in [-0.4, -0.2) is 18.2 Å². The molecule has 18 heavy (non-hydrogen) atoms. The van der Waals surface area contributed by atoms with Gasteiger partial charge in [-0.1, -0.05) is 32.0 Å². The highest BCUT2D eigenvalue weighted by Crippen LogP contribution is 2.27. The monoisotopic (exact) mass is 266 g/mol. The van der Waals surface area contributed by atoms with E-state index in [0.29, 0.717) is 5.75 Å². The average molecular weight is 266 g/mol.